The third kappa shape index (κ3) is 2.89. The van der Waals surface area contributed by atoms with Crippen molar-refractivity contribution in [3.05, 3.63) is 35.9 Å². The zero-order chi connectivity index (χ0) is 13.0. The minimum absolute atomic E-state index is 0.576. The molecule has 0 atom stereocenters. The van der Waals surface area contributed by atoms with Gasteiger partial charge in [-0.1, -0.05) is 26.0 Å². The highest BCUT2D eigenvalue weighted by Gasteiger charge is 2.04. The van der Waals surface area contributed by atoms with E-state index in [2.05, 4.69) is 35.4 Å². The topological polar surface area (TPSA) is 64.5 Å². The van der Waals surface area contributed by atoms with Crippen LogP contribution >= 0.6 is 0 Å². The predicted molar refractivity (Wildman–Crippen MR) is 72.1 cm³/mol. The van der Waals surface area contributed by atoms with Gasteiger partial charge in [0.25, 0.3) is 0 Å². The molecule has 0 unspecified atom stereocenters. The van der Waals surface area contributed by atoms with E-state index in [-0.39, 0.29) is 0 Å². The van der Waals surface area contributed by atoms with Crippen LogP contribution in [-0.4, -0.2) is 16.7 Å². The summed E-state index contributed by atoms with van der Waals surface area (Å²) in [6.07, 6.45) is 0. The van der Waals surface area contributed by atoms with Gasteiger partial charge in [-0.25, -0.2) is 0 Å². The van der Waals surface area contributed by atoms with Gasteiger partial charge in [-0.3, -0.25) is 5.10 Å². The van der Waals surface area contributed by atoms with Gasteiger partial charge < -0.3 is 5.32 Å². The van der Waals surface area contributed by atoms with E-state index in [1.165, 1.54) is 0 Å². The lowest BCUT2D eigenvalue weighted by atomic mass is 10.1. The van der Waals surface area contributed by atoms with Crippen LogP contribution in [0.15, 0.2) is 30.3 Å². The number of nitrogens with zero attached hydrogens (tertiary/aromatic N) is 2. The highest BCUT2D eigenvalue weighted by Crippen LogP contribution is 2.20. The Kier molecular flexibility index (Phi) is 3.63. The second-order valence-electron chi connectivity index (χ2n) is 4.63. The molecule has 0 radical (unpaired) electrons. The van der Waals surface area contributed by atoms with Crippen LogP contribution < -0.4 is 5.32 Å². The van der Waals surface area contributed by atoms with E-state index in [1.54, 1.807) is 6.07 Å². The monoisotopic (exact) mass is 240 g/mol. The molecule has 2 aromatic rings. The second-order valence-corrected chi connectivity index (χ2v) is 4.63. The summed E-state index contributed by atoms with van der Waals surface area (Å²) >= 11 is 0. The Balaban J connectivity index is 2.16. The SMILES string of the molecule is CC(C)CNc1cc(-c2cccc(C#N)c2)[nH]n1. The summed E-state index contributed by atoms with van der Waals surface area (Å²) in [4.78, 5) is 0. The first-order valence-electron chi connectivity index (χ1n) is 5.99. The summed E-state index contributed by atoms with van der Waals surface area (Å²) in [5, 5.41) is 19.3. The smallest absolute Gasteiger partial charge is 0.148 e. The van der Waals surface area contributed by atoms with Crippen molar-refractivity contribution in [2.45, 2.75) is 13.8 Å². The average Bonchev–Trinajstić information content (AvgIpc) is 2.85. The van der Waals surface area contributed by atoms with Crippen molar-refractivity contribution in [2.24, 2.45) is 5.92 Å². The highest BCUT2D eigenvalue weighted by atomic mass is 15.2. The first-order valence-corrected chi connectivity index (χ1v) is 5.99. The van der Waals surface area contributed by atoms with Crippen molar-refractivity contribution in [3.8, 4) is 17.3 Å². The van der Waals surface area contributed by atoms with Gasteiger partial charge >= 0.3 is 0 Å². The molecule has 2 rings (SSSR count). The van der Waals surface area contributed by atoms with Crippen molar-refractivity contribution >= 4 is 5.82 Å². The standard InChI is InChI=1S/C14H16N4/c1-10(2)9-16-14-7-13(17-18-14)12-5-3-4-11(6-12)8-15/h3-7,10H,9H2,1-2H3,(H2,16,17,18). The summed E-state index contributed by atoms with van der Waals surface area (Å²) < 4.78 is 0. The number of nitriles is 1. The van der Waals surface area contributed by atoms with Crippen LogP contribution in [-0.2, 0) is 0 Å². The molecule has 0 amide bonds. The van der Waals surface area contributed by atoms with Crippen molar-refractivity contribution in [2.75, 3.05) is 11.9 Å². The van der Waals surface area contributed by atoms with E-state index in [9.17, 15) is 0 Å². The summed E-state index contributed by atoms with van der Waals surface area (Å²) in [5.74, 6) is 1.41. The molecule has 1 heterocycles. The fraction of sp³-hybridized carbons (Fsp3) is 0.286. The number of hydrogen-bond donors (Lipinski definition) is 2. The molecule has 0 saturated carbocycles. The van der Waals surface area contributed by atoms with Crippen molar-refractivity contribution in [3.63, 3.8) is 0 Å². The zero-order valence-corrected chi connectivity index (χ0v) is 10.6. The summed E-state index contributed by atoms with van der Waals surface area (Å²) in [6.45, 7) is 5.19. The normalized spacial score (nSPS) is 10.3. The molecule has 18 heavy (non-hydrogen) atoms. The van der Waals surface area contributed by atoms with Gasteiger partial charge in [-0.2, -0.15) is 10.4 Å². The maximum absolute atomic E-state index is 8.87. The fourth-order valence-electron chi connectivity index (χ4n) is 1.63. The van der Waals surface area contributed by atoms with Crippen molar-refractivity contribution < 1.29 is 0 Å². The molecule has 1 aromatic carbocycles. The maximum atomic E-state index is 8.87. The number of aromatic nitrogens is 2. The van der Waals surface area contributed by atoms with Gasteiger partial charge in [0, 0.05) is 18.2 Å². The lowest BCUT2D eigenvalue weighted by Gasteiger charge is -2.04. The van der Waals surface area contributed by atoms with Gasteiger partial charge in [0.1, 0.15) is 5.82 Å². The Morgan fingerprint density at radius 1 is 1.39 bits per heavy atom. The third-order valence-electron chi connectivity index (χ3n) is 2.57. The first kappa shape index (κ1) is 12.2. The van der Waals surface area contributed by atoms with E-state index in [1.807, 2.05) is 24.3 Å². The highest BCUT2D eigenvalue weighted by molar-refractivity contribution is 5.64. The molecule has 1 aromatic heterocycles. The molecule has 0 fully saturated rings. The van der Waals surface area contributed by atoms with Crippen LogP contribution in [0.3, 0.4) is 0 Å². The number of rotatable bonds is 4. The summed E-state index contributed by atoms with van der Waals surface area (Å²) in [7, 11) is 0. The molecule has 4 nitrogen and oxygen atoms in total. The van der Waals surface area contributed by atoms with Crippen molar-refractivity contribution in [1.29, 1.82) is 5.26 Å². The molecule has 0 aliphatic rings. The zero-order valence-electron chi connectivity index (χ0n) is 10.6. The number of aromatic amines is 1. The minimum Gasteiger partial charge on any atom is -0.368 e. The van der Waals surface area contributed by atoms with Crippen LogP contribution in [0, 0.1) is 17.2 Å². The Labute approximate surface area is 107 Å². The lowest BCUT2D eigenvalue weighted by molar-refractivity contribution is 0.687. The molecule has 0 bridgehead atoms. The third-order valence-corrected chi connectivity index (χ3v) is 2.57. The van der Waals surface area contributed by atoms with E-state index in [0.29, 0.717) is 11.5 Å². The van der Waals surface area contributed by atoms with Gasteiger partial charge in [-0.15, -0.1) is 0 Å². The molecule has 92 valence electrons. The molecule has 0 aliphatic carbocycles. The molecule has 4 heteroatoms. The van der Waals surface area contributed by atoms with E-state index < -0.39 is 0 Å². The maximum Gasteiger partial charge on any atom is 0.148 e. The number of benzene rings is 1. The van der Waals surface area contributed by atoms with Crippen LogP contribution in [0.2, 0.25) is 0 Å². The van der Waals surface area contributed by atoms with Crippen LogP contribution in [0.5, 0.6) is 0 Å². The van der Waals surface area contributed by atoms with Gasteiger partial charge in [0.2, 0.25) is 0 Å². The van der Waals surface area contributed by atoms with E-state index in [0.717, 1.165) is 23.6 Å². The first-order chi connectivity index (χ1) is 8.69. The van der Waals surface area contributed by atoms with E-state index in [4.69, 9.17) is 5.26 Å². The molecule has 0 aliphatic heterocycles. The number of anilines is 1. The van der Waals surface area contributed by atoms with E-state index >= 15 is 0 Å². The molecule has 2 N–H and O–H groups in total. The molecular formula is C14H16N4. The number of hydrogen-bond acceptors (Lipinski definition) is 3. The summed E-state index contributed by atoms with van der Waals surface area (Å²) in [6, 6.07) is 11.6. The Morgan fingerprint density at radius 2 is 2.22 bits per heavy atom. The van der Waals surface area contributed by atoms with Crippen LogP contribution in [0.1, 0.15) is 19.4 Å². The average molecular weight is 240 g/mol. The Morgan fingerprint density at radius 3 is 2.94 bits per heavy atom. The lowest BCUT2D eigenvalue weighted by Crippen LogP contribution is -2.07. The van der Waals surface area contributed by atoms with Crippen LogP contribution in [0.4, 0.5) is 5.82 Å². The minimum atomic E-state index is 0.576. The molecule has 0 saturated heterocycles. The van der Waals surface area contributed by atoms with Gasteiger partial charge in [-0.05, 0) is 18.1 Å². The summed E-state index contributed by atoms with van der Waals surface area (Å²) in [5.41, 5.74) is 2.54. The van der Waals surface area contributed by atoms with Crippen LogP contribution in [0.25, 0.3) is 11.3 Å². The molecular weight excluding hydrogens is 224 g/mol. The molecule has 0 spiro atoms. The fourth-order valence-corrected chi connectivity index (χ4v) is 1.63. The van der Waals surface area contributed by atoms with Crippen molar-refractivity contribution in [1.82, 2.24) is 10.2 Å². The number of nitrogens with one attached hydrogen (secondary N) is 2. The predicted octanol–water partition coefficient (Wildman–Crippen LogP) is 3.02. The van der Waals surface area contributed by atoms with Gasteiger partial charge in [0.05, 0.1) is 17.3 Å². The quantitative estimate of drug-likeness (QED) is 0.863. The Hall–Kier alpha value is -2.28. The van der Waals surface area contributed by atoms with Gasteiger partial charge in [0.15, 0.2) is 0 Å². The largest absolute Gasteiger partial charge is 0.368 e. The second kappa shape index (κ2) is 5.37. The Bertz CT molecular complexity index is 563. The number of H-pyrrole nitrogens is 1.